The topological polar surface area (TPSA) is 175 Å². The molecule has 0 bridgehead atoms. The first kappa shape index (κ1) is 20.9. The van der Waals surface area contributed by atoms with Crippen molar-refractivity contribution in [2.45, 2.75) is 24.1 Å². The molecule has 0 radical (unpaired) electrons. The largest absolute Gasteiger partial charge is 0.467 e. The average Bonchev–Trinajstić information content (AvgIpc) is 3.05. The van der Waals surface area contributed by atoms with E-state index in [-0.39, 0.29) is 12.0 Å². The van der Waals surface area contributed by atoms with Crippen molar-refractivity contribution in [2.24, 2.45) is 5.10 Å². The maximum Gasteiger partial charge on any atom is 0.357 e. The summed E-state index contributed by atoms with van der Waals surface area (Å²) in [4.78, 5) is 46.0. The van der Waals surface area contributed by atoms with Crippen molar-refractivity contribution in [3.63, 3.8) is 0 Å². The first-order valence-electron chi connectivity index (χ1n) is 8.51. The van der Waals surface area contributed by atoms with E-state index in [1.54, 1.807) is 0 Å². The van der Waals surface area contributed by atoms with E-state index in [9.17, 15) is 34.9 Å². The Hall–Kier alpha value is -3.87. The van der Waals surface area contributed by atoms with Crippen LogP contribution in [0.15, 0.2) is 35.5 Å². The van der Waals surface area contributed by atoms with Gasteiger partial charge in [-0.25, -0.2) is 9.59 Å². The van der Waals surface area contributed by atoms with Crippen molar-refractivity contribution >= 4 is 29.0 Å². The normalized spacial score (nSPS) is 24.6. The summed E-state index contributed by atoms with van der Waals surface area (Å²) >= 11 is 0. The third-order valence-electron chi connectivity index (χ3n) is 5.02. The number of hydrogen-bond donors (Lipinski definition) is 1. The van der Waals surface area contributed by atoms with Crippen LogP contribution in [0.4, 0.5) is 11.4 Å². The molecule has 3 rings (SSSR count). The van der Waals surface area contributed by atoms with Crippen molar-refractivity contribution < 1.29 is 34.0 Å². The van der Waals surface area contributed by atoms with Gasteiger partial charge in [0.05, 0.1) is 35.7 Å². The molecule has 0 fully saturated rings. The number of non-ortho nitro benzene ring substituents is 1. The third-order valence-corrected chi connectivity index (χ3v) is 5.02. The molecule has 158 valence electrons. The van der Waals surface area contributed by atoms with E-state index in [0.29, 0.717) is 0 Å². The second-order valence-electron chi connectivity index (χ2n) is 6.47. The zero-order chi connectivity index (χ0) is 22.2. The van der Waals surface area contributed by atoms with Crippen LogP contribution in [0.25, 0.3) is 0 Å². The number of rotatable bonds is 5. The summed E-state index contributed by atoms with van der Waals surface area (Å²) in [6.45, 7) is 0. The minimum atomic E-state index is -1.91. The number of hydrazone groups is 1. The predicted molar refractivity (Wildman–Crippen MR) is 98.3 cm³/mol. The molecule has 1 aromatic carbocycles. The number of nitrogens with zero attached hydrogens (tertiary/aromatic N) is 4. The highest BCUT2D eigenvalue weighted by molar-refractivity contribution is 6.39. The summed E-state index contributed by atoms with van der Waals surface area (Å²) in [5.41, 5.74) is -3.44. The predicted octanol–water partition coefficient (Wildman–Crippen LogP) is 0.621. The van der Waals surface area contributed by atoms with Crippen LogP contribution in [0.1, 0.15) is 18.0 Å². The number of methoxy groups -OCH3 is 2. The lowest BCUT2D eigenvalue weighted by Crippen LogP contribution is -2.60. The molecule has 1 N–H and O–H groups in total. The Morgan fingerprint density at radius 1 is 1.23 bits per heavy atom. The van der Waals surface area contributed by atoms with Gasteiger partial charge in [0.2, 0.25) is 0 Å². The number of aliphatic hydroxyl groups excluding tert-OH is 1. The summed E-state index contributed by atoms with van der Waals surface area (Å²) in [6.07, 6.45) is 0.996. The number of carbonyl (C=O) groups excluding carboxylic acids is 2. The van der Waals surface area contributed by atoms with E-state index in [4.69, 9.17) is 4.74 Å². The van der Waals surface area contributed by atoms with Gasteiger partial charge in [-0.2, -0.15) is 5.10 Å². The monoisotopic (exact) mass is 420 g/mol. The molecule has 3 unspecified atom stereocenters. The van der Waals surface area contributed by atoms with E-state index < -0.39 is 56.6 Å². The lowest BCUT2D eigenvalue weighted by Gasteiger charge is -2.42. The fraction of sp³-hybridized carbons (Fsp3) is 0.353. The van der Waals surface area contributed by atoms with Crippen LogP contribution in [-0.4, -0.2) is 63.5 Å². The Morgan fingerprint density at radius 3 is 2.50 bits per heavy atom. The van der Waals surface area contributed by atoms with Crippen LogP contribution in [0, 0.1) is 20.2 Å². The number of aliphatic hydroxyl groups is 1. The van der Waals surface area contributed by atoms with Crippen LogP contribution in [0.2, 0.25) is 0 Å². The fourth-order valence-electron chi connectivity index (χ4n) is 3.60. The van der Waals surface area contributed by atoms with Crippen LogP contribution >= 0.6 is 0 Å². The zero-order valence-corrected chi connectivity index (χ0v) is 15.8. The second kappa shape index (κ2) is 7.51. The zero-order valence-electron chi connectivity index (χ0n) is 15.8. The van der Waals surface area contributed by atoms with Gasteiger partial charge in [-0.1, -0.05) is 12.2 Å². The van der Waals surface area contributed by atoms with Crippen LogP contribution in [0.3, 0.4) is 0 Å². The highest BCUT2D eigenvalue weighted by Gasteiger charge is 2.61. The first-order chi connectivity index (χ1) is 14.2. The number of benzene rings is 1. The van der Waals surface area contributed by atoms with E-state index in [0.717, 1.165) is 37.4 Å². The number of nitro benzene ring substituents is 2. The van der Waals surface area contributed by atoms with Crippen LogP contribution in [0.5, 0.6) is 0 Å². The molecule has 13 heteroatoms. The summed E-state index contributed by atoms with van der Waals surface area (Å²) < 4.78 is 9.40. The van der Waals surface area contributed by atoms with Crippen molar-refractivity contribution in [2.75, 3.05) is 14.2 Å². The lowest BCUT2D eigenvalue weighted by molar-refractivity contribution is -0.390. The van der Waals surface area contributed by atoms with Crippen molar-refractivity contribution in [1.29, 1.82) is 0 Å². The Bertz CT molecular complexity index is 1000. The quantitative estimate of drug-likeness (QED) is 0.308. The Balaban J connectivity index is 2.24. The maximum absolute atomic E-state index is 12.7. The van der Waals surface area contributed by atoms with Gasteiger partial charge in [-0.05, 0) is 0 Å². The Kier molecular flexibility index (Phi) is 5.22. The first-order valence-corrected chi connectivity index (χ1v) is 8.51. The SMILES string of the molecule is COC(=O)C1=NN2C(c3cc([N+](=O)[O-])ccc3[N+](=O)[O-])C=CCC2(C(=O)OC)C1O. The standard InChI is InChI=1S/C17H16N4O9/c1-29-15(23)13-14(22)17(16(24)30-2)7-3-4-11(19(17)18-13)10-8-9(20(25)26)5-6-12(10)21(27)28/h3-6,8,11,14,22H,7H2,1-2H3. The van der Waals surface area contributed by atoms with E-state index in [2.05, 4.69) is 9.84 Å². The molecule has 0 amide bonds. The van der Waals surface area contributed by atoms with Gasteiger partial charge in [0, 0.05) is 24.6 Å². The summed E-state index contributed by atoms with van der Waals surface area (Å²) in [5.74, 6) is -1.95. The van der Waals surface area contributed by atoms with E-state index in [1.807, 2.05) is 0 Å². The minimum absolute atomic E-state index is 0.135. The molecule has 1 aromatic rings. The summed E-state index contributed by atoms with van der Waals surface area (Å²) in [6, 6.07) is 1.74. The molecule has 0 aromatic heterocycles. The number of fused-ring (bicyclic) bond motifs is 1. The Labute approximate surface area is 168 Å². The summed E-state index contributed by atoms with van der Waals surface area (Å²) in [7, 11) is 2.13. The van der Waals surface area contributed by atoms with Crippen molar-refractivity contribution in [1.82, 2.24) is 5.01 Å². The van der Waals surface area contributed by atoms with Crippen LogP contribution < -0.4 is 0 Å². The molecule has 3 atom stereocenters. The van der Waals surface area contributed by atoms with Gasteiger partial charge in [-0.15, -0.1) is 0 Å². The van der Waals surface area contributed by atoms with Gasteiger partial charge < -0.3 is 14.6 Å². The second-order valence-corrected chi connectivity index (χ2v) is 6.47. The Morgan fingerprint density at radius 2 is 1.93 bits per heavy atom. The van der Waals surface area contributed by atoms with Gasteiger partial charge in [0.15, 0.2) is 11.3 Å². The molecule has 2 heterocycles. The molecule has 13 nitrogen and oxygen atoms in total. The van der Waals surface area contributed by atoms with Gasteiger partial charge >= 0.3 is 11.9 Å². The van der Waals surface area contributed by atoms with Gasteiger partial charge in [0.1, 0.15) is 6.10 Å². The number of ether oxygens (including phenoxy) is 2. The molecule has 0 aliphatic carbocycles. The molecular weight excluding hydrogens is 404 g/mol. The third kappa shape index (κ3) is 2.95. The molecule has 30 heavy (non-hydrogen) atoms. The van der Waals surface area contributed by atoms with Crippen molar-refractivity contribution in [3.8, 4) is 0 Å². The molecule has 0 saturated heterocycles. The molecule has 0 saturated carbocycles. The highest BCUT2D eigenvalue weighted by atomic mass is 16.6. The van der Waals surface area contributed by atoms with Crippen molar-refractivity contribution in [3.05, 3.63) is 56.1 Å². The molecular formula is C17H16N4O9. The number of hydrogen-bond acceptors (Lipinski definition) is 11. The molecule has 2 aliphatic heterocycles. The number of esters is 2. The number of nitro groups is 2. The van der Waals surface area contributed by atoms with E-state index >= 15 is 0 Å². The van der Waals surface area contributed by atoms with Crippen LogP contribution in [-0.2, 0) is 19.1 Å². The summed E-state index contributed by atoms with van der Waals surface area (Å²) in [5, 5.41) is 38.5. The average molecular weight is 420 g/mol. The van der Waals surface area contributed by atoms with Gasteiger partial charge in [-0.3, -0.25) is 25.2 Å². The molecule has 2 aliphatic rings. The lowest BCUT2D eigenvalue weighted by atomic mass is 9.81. The maximum atomic E-state index is 12.7. The smallest absolute Gasteiger partial charge is 0.357 e. The minimum Gasteiger partial charge on any atom is -0.467 e. The number of carbonyl (C=O) groups is 2. The fourth-order valence-corrected chi connectivity index (χ4v) is 3.60. The van der Waals surface area contributed by atoms with Gasteiger partial charge in [0.25, 0.3) is 11.4 Å². The molecule has 0 spiro atoms. The van der Waals surface area contributed by atoms with E-state index in [1.165, 1.54) is 12.2 Å². The highest BCUT2D eigenvalue weighted by Crippen LogP contribution is 2.46.